The van der Waals surface area contributed by atoms with Gasteiger partial charge in [-0.05, 0) is 35.9 Å². The van der Waals surface area contributed by atoms with E-state index in [2.05, 4.69) is 15.3 Å². The quantitative estimate of drug-likeness (QED) is 0.382. The van der Waals surface area contributed by atoms with Crippen molar-refractivity contribution in [2.24, 2.45) is 0 Å². The Labute approximate surface area is 174 Å². The Morgan fingerprint density at radius 1 is 1.07 bits per heavy atom. The zero-order valence-corrected chi connectivity index (χ0v) is 16.6. The van der Waals surface area contributed by atoms with Crippen LogP contribution < -0.4 is 5.32 Å². The van der Waals surface area contributed by atoms with Gasteiger partial charge in [0.15, 0.2) is 10.9 Å². The number of aromatic nitrogens is 2. The van der Waals surface area contributed by atoms with E-state index in [4.69, 9.17) is 34.8 Å². The Hall–Kier alpha value is -1.86. The number of benzene rings is 2. The molecule has 1 N–H and O–H groups in total. The molecule has 0 radical (unpaired) electrons. The Morgan fingerprint density at radius 2 is 1.81 bits per heavy atom. The third kappa shape index (κ3) is 5.32. The van der Waals surface area contributed by atoms with Gasteiger partial charge in [-0.2, -0.15) is 0 Å². The maximum Gasteiger partial charge on any atom is 0.276 e. The van der Waals surface area contributed by atoms with E-state index in [0.29, 0.717) is 26.6 Å². The number of nitrogens with zero attached hydrogens (tertiary/aromatic N) is 2. The van der Waals surface area contributed by atoms with E-state index in [-0.39, 0.29) is 16.5 Å². The number of anilines is 1. The lowest BCUT2D eigenvalue weighted by Gasteiger charge is -2.09. The van der Waals surface area contributed by atoms with E-state index in [9.17, 15) is 9.18 Å². The number of hydrogen-bond donors (Lipinski definition) is 1. The summed E-state index contributed by atoms with van der Waals surface area (Å²) in [5.74, 6) is -0.298. The van der Waals surface area contributed by atoms with Crippen LogP contribution >= 0.6 is 46.6 Å². The van der Waals surface area contributed by atoms with Crippen LogP contribution in [0.4, 0.5) is 10.1 Å². The minimum absolute atomic E-state index is 0.0271. The molecule has 4 nitrogen and oxygen atoms in total. The van der Waals surface area contributed by atoms with Crippen molar-refractivity contribution in [2.75, 3.05) is 5.32 Å². The van der Waals surface area contributed by atoms with Gasteiger partial charge in [-0.1, -0.05) is 58.7 Å². The summed E-state index contributed by atoms with van der Waals surface area (Å²) < 4.78 is 13.0. The van der Waals surface area contributed by atoms with E-state index in [1.165, 1.54) is 36.2 Å². The van der Waals surface area contributed by atoms with Crippen molar-refractivity contribution >= 4 is 58.2 Å². The summed E-state index contributed by atoms with van der Waals surface area (Å²) in [6.45, 7) is 0. The van der Waals surface area contributed by atoms with Crippen molar-refractivity contribution in [3.05, 3.63) is 80.8 Å². The molecule has 0 saturated carbocycles. The van der Waals surface area contributed by atoms with Crippen molar-refractivity contribution in [3.8, 4) is 0 Å². The SMILES string of the molecule is O=C(Nc1ccc(Cl)cc1Cl)c1nc(SCc2ccc(F)cc2)ncc1Cl. The molecular weight excluding hydrogens is 432 g/mol. The topological polar surface area (TPSA) is 54.9 Å². The Morgan fingerprint density at radius 3 is 2.52 bits per heavy atom. The molecule has 0 aliphatic carbocycles. The van der Waals surface area contributed by atoms with Crippen LogP contribution in [-0.4, -0.2) is 15.9 Å². The van der Waals surface area contributed by atoms with E-state index < -0.39 is 5.91 Å². The smallest absolute Gasteiger partial charge is 0.276 e. The van der Waals surface area contributed by atoms with E-state index in [1.54, 1.807) is 24.3 Å². The van der Waals surface area contributed by atoms with Gasteiger partial charge in [0.1, 0.15) is 5.82 Å². The standard InChI is InChI=1S/C18H11Cl3FN3OS/c19-11-3-6-15(13(20)7-11)24-17(26)16-14(21)8-23-18(25-16)27-9-10-1-4-12(22)5-2-10/h1-8H,9H2,(H,24,26). The molecule has 1 heterocycles. The Balaban J connectivity index is 1.74. The normalized spacial score (nSPS) is 10.7. The minimum atomic E-state index is -0.518. The average molecular weight is 443 g/mol. The van der Waals surface area contributed by atoms with Crippen molar-refractivity contribution in [3.63, 3.8) is 0 Å². The van der Waals surface area contributed by atoms with Gasteiger partial charge >= 0.3 is 0 Å². The molecule has 1 aromatic heterocycles. The Bertz CT molecular complexity index is 986. The number of amides is 1. The maximum atomic E-state index is 13.0. The first kappa shape index (κ1) is 19.9. The van der Waals surface area contributed by atoms with Crippen LogP contribution in [0.2, 0.25) is 15.1 Å². The highest BCUT2D eigenvalue weighted by Crippen LogP contribution is 2.27. The highest BCUT2D eigenvalue weighted by Gasteiger charge is 2.16. The van der Waals surface area contributed by atoms with Gasteiger partial charge in [-0.15, -0.1) is 0 Å². The summed E-state index contributed by atoms with van der Waals surface area (Å²) >= 11 is 19.3. The average Bonchev–Trinajstić information content (AvgIpc) is 2.64. The molecule has 3 rings (SSSR count). The molecule has 0 fully saturated rings. The first-order valence-corrected chi connectivity index (χ1v) is 9.70. The number of carbonyl (C=O) groups excluding carboxylic acids is 1. The van der Waals surface area contributed by atoms with Gasteiger partial charge in [-0.3, -0.25) is 4.79 Å². The van der Waals surface area contributed by atoms with Crippen LogP contribution in [0.15, 0.2) is 53.8 Å². The fourth-order valence-electron chi connectivity index (χ4n) is 2.08. The number of rotatable bonds is 5. The van der Waals surface area contributed by atoms with Crippen LogP contribution in [0.3, 0.4) is 0 Å². The molecule has 0 unspecified atom stereocenters. The van der Waals surface area contributed by atoms with Crippen molar-refractivity contribution < 1.29 is 9.18 Å². The summed E-state index contributed by atoms with van der Waals surface area (Å²) in [4.78, 5) is 20.8. The van der Waals surface area contributed by atoms with Gasteiger partial charge < -0.3 is 5.32 Å². The number of thioether (sulfide) groups is 1. The van der Waals surface area contributed by atoms with Crippen LogP contribution in [0, 0.1) is 5.82 Å². The highest BCUT2D eigenvalue weighted by atomic mass is 35.5. The molecule has 1 amide bonds. The van der Waals surface area contributed by atoms with Crippen LogP contribution in [0.5, 0.6) is 0 Å². The lowest BCUT2D eigenvalue weighted by molar-refractivity contribution is 0.102. The molecule has 0 aliphatic heterocycles. The first-order valence-electron chi connectivity index (χ1n) is 7.58. The molecule has 27 heavy (non-hydrogen) atoms. The summed E-state index contributed by atoms with van der Waals surface area (Å²) in [5, 5.41) is 3.89. The van der Waals surface area contributed by atoms with Crippen molar-refractivity contribution in [1.82, 2.24) is 9.97 Å². The third-order valence-corrected chi connectivity index (χ3v) is 5.15. The van der Waals surface area contributed by atoms with Gasteiger partial charge in [0.25, 0.3) is 5.91 Å². The van der Waals surface area contributed by atoms with E-state index in [0.717, 1.165) is 5.56 Å². The molecule has 0 aliphatic rings. The Kier molecular flexibility index (Phi) is 6.55. The van der Waals surface area contributed by atoms with Crippen molar-refractivity contribution in [2.45, 2.75) is 10.9 Å². The number of nitrogens with one attached hydrogen (secondary N) is 1. The molecule has 9 heteroatoms. The summed E-state index contributed by atoms with van der Waals surface area (Å²) in [5.41, 5.74) is 1.32. The third-order valence-electron chi connectivity index (χ3n) is 3.40. The summed E-state index contributed by atoms with van der Waals surface area (Å²) in [6, 6.07) is 10.8. The van der Waals surface area contributed by atoms with Gasteiger partial charge in [-0.25, -0.2) is 14.4 Å². The predicted molar refractivity (Wildman–Crippen MR) is 107 cm³/mol. The van der Waals surface area contributed by atoms with E-state index in [1.807, 2.05) is 0 Å². The fourth-order valence-corrected chi connectivity index (χ4v) is 3.48. The largest absolute Gasteiger partial charge is 0.319 e. The zero-order chi connectivity index (χ0) is 19.4. The molecule has 3 aromatic rings. The zero-order valence-electron chi connectivity index (χ0n) is 13.5. The lowest BCUT2D eigenvalue weighted by atomic mass is 10.2. The second-order valence-electron chi connectivity index (χ2n) is 5.34. The molecule has 138 valence electrons. The molecule has 0 bridgehead atoms. The number of halogens is 4. The molecule has 2 aromatic carbocycles. The summed E-state index contributed by atoms with van der Waals surface area (Å²) in [6.07, 6.45) is 1.36. The predicted octanol–water partition coefficient (Wildman–Crippen LogP) is 6.12. The molecule has 0 atom stereocenters. The van der Waals surface area contributed by atoms with E-state index >= 15 is 0 Å². The van der Waals surface area contributed by atoms with Gasteiger partial charge in [0.05, 0.1) is 21.9 Å². The second kappa shape index (κ2) is 8.89. The highest BCUT2D eigenvalue weighted by molar-refractivity contribution is 7.98. The molecule has 0 spiro atoms. The second-order valence-corrected chi connectivity index (χ2v) is 7.54. The van der Waals surface area contributed by atoms with Crippen molar-refractivity contribution in [1.29, 1.82) is 0 Å². The van der Waals surface area contributed by atoms with Crippen LogP contribution in [0.25, 0.3) is 0 Å². The maximum absolute atomic E-state index is 13.0. The fraction of sp³-hybridized carbons (Fsp3) is 0.0556. The monoisotopic (exact) mass is 441 g/mol. The number of carbonyl (C=O) groups is 1. The minimum Gasteiger partial charge on any atom is -0.319 e. The molecule has 0 saturated heterocycles. The molecular formula is C18H11Cl3FN3OS. The first-order chi connectivity index (χ1) is 12.9. The number of hydrogen-bond acceptors (Lipinski definition) is 4. The lowest BCUT2D eigenvalue weighted by Crippen LogP contribution is -2.15. The summed E-state index contributed by atoms with van der Waals surface area (Å²) in [7, 11) is 0. The van der Waals surface area contributed by atoms with Gasteiger partial charge in [0.2, 0.25) is 0 Å². The van der Waals surface area contributed by atoms with Crippen LogP contribution in [-0.2, 0) is 5.75 Å². The van der Waals surface area contributed by atoms with Gasteiger partial charge in [0, 0.05) is 10.8 Å². The van der Waals surface area contributed by atoms with Crippen LogP contribution in [0.1, 0.15) is 16.1 Å².